The molecule has 2 nitrogen and oxygen atoms in total. The molecule has 1 aromatic rings. The predicted octanol–water partition coefficient (Wildman–Crippen LogP) is 3.18. The molecule has 0 spiro atoms. The molecule has 0 fully saturated rings. The van der Waals surface area contributed by atoms with E-state index in [1.54, 1.807) is 19.1 Å². The van der Waals surface area contributed by atoms with Crippen LogP contribution in [0.15, 0.2) is 23.4 Å². The Hall–Kier alpha value is -0.460. The number of aromatic nitrogens is 1. The van der Waals surface area contributed by atoms with E-state index in [9.17, 15) is 13.2 Å². The second kappa shape index (κ2) is 6.32. The lowest BCUT2D eigenvalue weighted by molar-refractivity contribution is -0.105. The number of nitrogens with two attached hydrogens (primary N) is 1. The molecule has 0 bridgehead atoms. The van der Waals surface area contributed by atoms with Crippen LogP contribution >= 0.6 is 24.2 Å². The van der Waals surface area contributed by atoms with Crippen LogP contribution in [0.2, 0.25) is 0 Å². The van der Waals surface area contributed by atoms with E-state index in [4.69, 9.17) is 5.73 Å². The van der Waals surface area contributed by atoms with E-state index >= 15 is 0 Å². The molecule has 2 N–H and O–H groups in total. The molecule has 0 radical (unpaired) electrons. The summed E-state index contributed by atoms with van der Waals surface area (Å²) in [6.07, 6.45) is -2.66. The van der Waals surface area contributed by atoms with Crippen LogP contribution in [0.5, 0.6) is 0 Å². The summed E-state index contributed by atoms with van der Waals surface area (Å²) >= 11 is 0.671. The lowest BCUT2D eigenvalue weighted by atomic mass is 10.2. The van der Waals surface area contributed by atoms with E-state index in [0.29, 0.717) is 16.8 Å². The average molecular weight is 273 g/mol. The summed E-state index contributed by atoms with van der Waals surface area (Å²) in [6, 6.07) is 3.09. The van der Waals surface area contributed by atoms with Gasteiger partial charge in [-0.1, -0.05) is 17.8 Å². The highest BCUT2D eigenvalue weighted by molar-refractivity contribution is 7.99. The normalized spacial score (nSPS) is 13.1. The number of alkyl halides is 3. The van der Waals surface area contributed by atoms with Crippen molar-refractivity contribution >= 4 is 24.2 Å². The Morgan fingerprint density at radius 2 is 2.06 bits per heavy atom. The van der Waals surface area contributed by atoms with E-state index in [0.717, 1.165) is 5.56 Å². The predicted molar refractivity (Wildman–Crippen MR) is 60.9 cm³/mol. The molecule has 0 aliphatic rings. The highest BCUT2D eigenvalue weighted by Gasteiger charge is 2.27. The van der Waals surface area contributed by atoms with Crippen LogP contribution in [0.4, 0.5) is 13.2 Å². The molecule has 0 aliphatic carbocycles. The summed E-state index contributed by atoms with van der Waals surface area (Å²) in [5, 5.41) is 0.358. The summed E-state index contributed by atoms with van der Waals surface area (Å²) in [5.41, 5.74) is 6.39. The Labute approximate surface area is 102 Å². The zero-order valence-electron chi connectivity index (χ0n) is 8.49. The standard InChI is InChI=1S/C9H11F3N2S.ClH/c1-6(13)7-2-3-8(14-4-7)15-5-9(10,11)12;/h2-4,6H,5,13H2,1H3;1H. The minimum absolute atomic E-state index is 0. The molecule has 0 amide bonds. The van der Waals surface area contributed by atoms with Crippen LogP contribution in [0, 0.1) is 0 Å². The molecule has 1 atom stereocenters. The highest BCUT2D eigenvalue weighted by Crippen LogP contribution is 2.26. The number of halogens is 4. The molecule has 7 heteroatoms. The number of hydrogen-bond donors (Lipinski definition) is 1. The highest BCUT2D eigenvalue weighted by atomic mass is 35.5. The molecule has 1 heterocycles. The Kier molecular flexibility index (Phi) is 6.14. The first-order chi connectivity index (χ1) is 6.88. The third-order valence-electron chi connectivity index (χ3n) is 1.67. The van der Waals surface area contributed by atoms with Crippen molar-refractivity contribution in [3.63, 3.8) is 0 Å². The fourth-order valence-corrected chi connectivity index (χ4v) is 1.51. The first kappa shape index (κ1) is 15.5. The Balaban J connectivity index is 0.00000225. The molecule has 16 heavy (non-hydrogen) atoms. The van der Waals surface area contributed by atoms with Gasteiger partial charge in [-0.2, -0.15) is 13.2 Å². The molecule has 0 aliphatic heterocycles. The van der Waals surface area contributed by atoms with E-state index in [1.807, 2.05) is 0 Å². The third kappa shape index (κ3) is 5.58. The van der Waals surface area contributed by atoms with Crippen LogP contribution in [-0.2, 0) is 0 Å². The zero-order valence-corrected chi connectivity index (χ0v) is 10.1. The van der Waals surface area contributed by atoms with E-state index < -0.39 is 11.9 Å². The van der Waals surface area contributed by atoms with Gasteiger partial charge in [-0.05, 0) is 18.6 Å². The second-order valence-corrected chi connectivity index (χ2v) is 4.12. The van der Waals surface area contributed by atoms with Crippen molar-refractivity contribution < 1.29 is 13.2 Å². The lowest BCUT2D eigenvalue weighted by Gasteiger charge is -2.07. The summed E-state index contributed by atoms with van der Waals surface area (Å²) in [7, 11) is 0. The first-order valence-electron chi connectivity index (χ1n) is 4.29. The monoisotopic (exact) mass is 272 g/mol. The molecule has 1 aromatic heterocycles. The minimum Gasteiger partial charge on any atom is -0.324 e. The van der Waals surface area contributed by atoms with Crippen LogP contribution in [0.1, 0.15) is 18.5 Å². The summed E-state index contributed by atoms with van der Waals surface area (Å²) < 4.78 is 35.6. The molecular formula is C9H12ClF3N2S. The van der Waals surface area contributed by atoms with Gasteiger partial charge in [0.1, 0.15) is 0 Å². The van der Waals surface area contributed by atoms with Gasteiger partial charge < -0.3 is 5.73 Å². The number of nitrogens with zero attached hydrogens (tertiary/aromatic N) is 1. The van der Waals surface area contributed by atoms with E-state index in [1.165, 1.54) is 6.20 Å². The Morgan fingerprint density at radius 1 is 1.44 bits per heavy atom. The van der Waals surface area contributed by atoms with Crippen LogP contribution < -0.4 is 5.73 Å². The number of pyridine rings is 1. The summed E-state index contributed by atoms with van der Waals surface area (Å²) in [5.74, 6) is -0.919. The summed E-state index contributed by atoms with van der Waals surface area (Å²) in [4.78, 5) is 3.89. The van der Waals surface area contributed by atoms with Gasteiger partial charge in [0.15, 0.2) is 0 Å². The Morgan fingerprint density at radius 3 is 2.44 bits per heavy atom. The SMILES string of the molecule is CC(N)c1ccc(SCC(F)(F)F)nc1.Cl. The van der Waals surface area contributed by atoms with Crippen molar-refractivity contribution in [2.24, 2.45) is 5.73 Å². The van der Waals surface area contributed by atoms with Crippen molar-refractivity contribution in [1.82, 2.24) is 4.98 Å². The van der Waals surface area contributed by atoms with Crippen molar-refractivity contribution in [3.8, 4) is 0 Å². The molecular weight excluding hydrogens is 261 g/mol. The zero-order chi connectivity index (χ0) is 11.5. The maximum atomic E-state index is 11.9. The fourth-order valence-electron chi connectivity index (χ4n) is 0.902. The molecule has 0 saturated carbocycles. The second-order valence-electron chi connectivity index (χ2n) is 3.12. The van der Waals surface area contributed by atoms with Crippen LogP contribution in [0.3, 0.4) is 0 Å². The van der Waals surface area contributed by atoms with Crippen LogP contribution in [-0.4, -0.2) is 16.9 Å². The quantitative estimate of drug-likeness (QED) is 0.859. The van der Waals surface area contributed by atoms with Gasteiger partial charge in [-0.25, -0.2) is 4.98 Å². The van der Waals surface area contributed by atoms with Gasteiger partial charge in [-0.3, -0.25) is 0 Å². The van der Waals surface area contributed by atoms with E-state index in [2.05, 4.69) is 4.98 Å². The Bertz CT molecular complexity index is 314. The van der Waals surface area contributed by atoms with Crippen molar-refractivity contribution in [2.75, 3.05) is 5.75 Å². The van der Waals surface area contributed by atoms with Crippen molar-refractivity contribution in [2.45, 2.75) is 24.2 Å². The van der Waals surface area contributed by atoms with Crippen LogP contribution in [0.25, 0.3) is 0 Å². The molecule has 1 unspecified atom stereocenters. The molecule has 0 aromatic carbocycles. The third-order valence-corrected chi connectivity index (χ3v) is 2.68. The smallest absolute Gasteiger partial charge is 0.324 e. The average Bonchev–Trinajstić information content (AvgIpc) is 2.14. The minimum atomic E-state index is -4.16. The van der Waals surface area contributed by atoms with Gasteiger partial charge in [0.25, 0.3) is 0 Å². The fraction of sp³-hybridized carbons (Fsp3) is 0.444. The van der Waals surface area contributed by atoms with Crippen molar-refractivity contribution in [3.05, 3.63) is 23.9 Å². The first-order valence-corrected chi connectivity index (χ1v) is 5.28. The van der Waals surface area contributed by atoms with Gasteiger partial charge in [0, 0.05) is 12.2 Å². The number of rotatable bonds is 3. The largest absolute Gasteiger partial charge is 0.398 e. The topological polar surface area (TPSA) is 38.9 Å². The summed E-state index contributed by atoms with van der Waals surface area (Å²) in [6.45, 7) is 1.79. The number of thioether (sulfide) groups is 1. The van der Waals surface area contributed by atoms with E-state index in [-0.39, 0.29) is 18.4 Å². The van der Waals surface area contributed by atoms with Gasteiger partial charge >= 0.3 is 6.18 Å². The number of hydrogen-bond acceptors (Lipinski definition) is 3. The van der Waals surface area contributed by atoms with Crippen molar-refractivity contribution in [1.29, 1.82) is 0 Å². The molecule has 92 valence electrons. The molecule has 1 rings (SSSR count). The maximum Gasteiger partial charge on any atom is 0.398 e. The molecule has 0 saturated heterocycles. The lowest BCUT2D eigenvalue weighted by Crippen LogP contribution is -2.11. The van der Waals surface area contributed by atoms with Gasteiger partial charge in [0.05, 0.1) is 10.8 Å². The van der Waals surface area contributed by atoms with Gasteiger partial charge in [-0.15, -0.1) is 12.4 Å². The maximum absolute atomic E-state index is 11.9. The van der Waals surface area contributed by atoms with Gasteiger partial charge in [0.2, 0.25) is 0 Å².